The Bertz CT molecular complexity index is 723. The molecule has 1 heterocycles. The molecule has 1 aliphatic heterocycles. The van der Waals surface area contributed by atoms with Crippen molar-refractivity contribution in [2.24, 2.45) is 0 Å². The Balaban J connectivity index is 1.36. The van der Waals surface area contributed by atoms with Gasteiger partial charge in [-0.05, 0) is 45.8 Å². The van der Waals surface area contributed by atoms with Crippen LogP contribution in [0, 0.1) is 0 Å². The van der Waals surface area contributed by atoms with E-state index in [0.717, 1.165) is 21.5 Å². The number of hydrogen-bond acceptors (Lipinski definition) is 4. The van der Waals surface area contributed by atoms with Gasteiger partial charge in [-0.15, -0.1) is 0 Å². The van der Waals surface area contributed by atoms with E-state index in [4.69, 9.17) is 14.2 Å². The molecule has 126 valence electrons. The molecule has 2 amide bonds. The molecular formula is C17H17BrN2O4. The molecule has 0 atom stereocenters. The molecular weight excluding hydrogens is 376 g/mol. The van der Waals surface area contributed by atoms with Crippen LogP contribution in [0.25, 0.3) is 0 Å². The molecule has 0 unspecified atom stereocenters. The second kappa shape index (κ2) is 7.92. The molecule has 2 N–H and O–H groups in total. The first-order valence-corrected chi connectivity index (χ1v) is 8.29. The summed E-state index contributed by atoms with van der Waals surface area (Å²) in [6.45, 7) is 1.45. The van der Waals surface area contributed by atoms with Crippen LogP contribution < -0.4 is 24.8 Å². The van der Waals surface area contributed by atoms with Gasteiger partial charge in [0.2, 0.25) is 6.79 Å². The van der Waals surface area contributed by atoms with E-state index >= 15 is 0 Å². The highest BCUT2D eigenvalue weighted by molar-refractivity contribution is 9.10. The molecule has 1 aliphatic rings. The summed E-state index contributed by atoms with van der Waals surface area (Å²) in [5, 5.41) is 5.54. The standard InChI is InChI=1S/C17H17BrN2O4/c18-13-3-1-2-4-14(13)22-8-7-19-17(21)20-10-12-5-6-15-16(9-12)24-11-23-15/h1-6,9H,7-8,10-11H2,(H2,19,20,21). The predicted octanol–water partition coefficient (Wildman–Crippen LogP) is 3.06. The fraction of sp³-hybridized carbons (Fsp3) is 0.235. The highest BCUT2D eigenvalue weighted by Gasteiger charge is 2.13. The average Bonchev–Trinajstić information content (AvgIpc) is 3.06. The molecule has 0 radical (unpaired) electrons. The van der Waals surface area contributed by atoms with Gasteiger partial charge < -0.3 is 24.8 Å². The second-order valence-electron chi connectivity index (χ2n) is 5.08. The van der Waals surface area contributed by atoms with Gasteiger partial charge in [0.15, 0.2) is 11.5 Å². The lowest BCUT2D eigenvalue weighted by Gasteiger charge is -2.10. The Hall–Kier alpha value is -2.41. The number of fused-ring (bicyclic) bond motifs is 1. The number of benzene rings is 2. The van der Waals surface area contributed by atoms with Crippen LogP contribution in [0.2, 0.25) is 0 Å². The van der Waals surface area contributed by atoms with Gasteiger partial charge in [-0.2, -0.15) is 0 Å². The van der Waals surface area contributed by atoms with Crippen LogP contribution in [0.15, 0.2) is 46.9 Å². The van der Waals surface area contributed by atoms with Crippen LogP contribution in [0.4, 0.5) is 4.79 Å². The van der Waals surface area contributed by atoms with Crippen LogP contribution in [0.1, 0.15) is 5.56 Å². The third-order valence-electron chi connectivity index (χ3n) is 3.37. The molecule has 0 saturated carbocycles. The van der Waals surface area contributed by atoms with Crippen LogP contribution >= 0.6 is 15.9 Å². The predicted molar refractivity (Wildman–Crippen MR) is 92.4 cm³/mol. The van der Waals surface area contributed by atoms with Crippen LogP contribution in [0.3, 0.4) is 0 Å². The van der Waals surface area contributed by atoms with Gasteiger partial charge in [0.1, 0.15) is 12.4 Å². The monoisotopic (exact) mass is 392 g/mol. The van der Waals surface area contributed by atoms with Gasteiger partial charge >= 0.3 is 6.03 Å². The molecule has 2 aromatic carbocycles. The molecule has 2 aromatic rings. The van der Waals surface area contributed by atoms with Crippen molar-refractivity contribution in [2.45, 2.75) is 6.54 Å². The maximum atomic E-state index is 11.8. The zero-order valence-corrected chi connectivity index (χ0v) is 14.5. The summed E-state index contributed by atoms with van der Waals surface area (Å²) in [7, 11) is 0. The number of carbonyl (C=O) groups excluding carboxylic acids is 1. The lowest BCUT2D eigenvalue weighted by atomic mass is 10.2. The Morgan fingerprint density at radius 1 is 1.12 bits per heavy atom. The quantitative estimate of drug-likeness (QED) is 0.741. The summed E-state index contributed by atoms with van der Waals surface area (Å²) in [5.41, 5.74) is 0.943. The Morgan fingerprint density at radius 3 is 2.83 bits per heavy atom. The molecule has 0 spiro atoms. The molecule has 0 aromatic heterocycles. The van der Waals surface area contributed by atoms with Crippen molar-refractivity contribution < 1.29 is 19.0 Å². The minimum absolute atomic E-state index is 0.240. The van der Waals surface area contributed by atoms with Crippen molar-refractivity contribution in [1.82, 2.24) is 10.6 Å². The second-order valence-corrected chi connectivity index (χ2v) is 5.93. The van der Waals surface area contributed by atoms with E-state index in [0.29, 0.717) is 25.4 Å². The smallest absolute Gasteiger partial charge is 0.315 e. The summed E-state index contributed by atoms with van der Waals surface area (Å²) in [6, 6.07) is 12.9. The number of nitrogens with one attached hydrogen (secondary N) is 2. The fourth-order valence-electron chi connectivity index (χ4n) is 2.18. The Morgan fingerprint density at radius 2 is 1.96 bits per heavy atom. The summed E-state index contributed by atoms with van der Waals surface area (Å²) >= 11 is 3.41. The van der Waals surface area contributed by atoms with Crippen LogP contribution in [-0.2, 0) is 6.54 Å². The summed E-state index contributed by atoms with van der Waals surface area (Å²) in [6.07, 6.45) is 0. The first-order chi connectivity index (χ1) is 11.7. The number of ether oxygens (including phenoxy) is 3. The van der Waals surface area contributed by atoms with Crippen molar-refractivity contribution in [3.8, 4) is 17.2 Å². The minimum atomic E-state index is -0.247. The average molecular weight is 393 g/mol. The number of rotatable bonds is 6. The van der Waals surface area contributed by atoms with Crippen LogP contribution in [-0.4, -0.2) is 26.0 Å². The van der Waals surface area contributed by atoms with Crippen molar-refractivity contribution in [3.63, 3.8) is 0 Å². The van der Waals surface area contributed by atoms with Gasteiger partial charge in [-0.3, -0.25) is 0 Å². The van der Waals surface area contributed by atoms with Gasteiger partial charge in [-0.25, -0.2) is 4.79 Å². The molecule has 6 nitrogen and oxygen atoms in total. The number of carbonyl (C=O) groups is 1. The van der Waals surface area contributed by atoms with E-state index in [1.165, 1.54) is 0 Å². The third-order valence-corrected chi connectivity index (χ3v) is 4.03. The number of para-hydroxylation sites is 1. The first-order valence-electron chi connectivity index (χ1n) is 7.50. The van der Waals surface area contributed by atoms with E-state index in [1.807, 2.05) is 42.5 Å². The van der Waals surface area contributed by atoms with Gasteiger partial charge in [0, 0.05) is 6.54 Å². The van der Waals surface area contributed by atoms with Gasteiger partial charge in [-0.1, -0.05) is 18.2 Å². The van der Waals surface area contributed by atoms with E-state index in [1.54, 1.807) is 0 Å². The molecule has 0 bridgehead atoms. The van der Waals surface area contributed by atoms with E-state index in [-0.39, 0.29) is 12.8 Å². The largest absolute Gasteiger partial charge is 0.491 e. The normalized spacial score (nSPS) is 11.9. The SMILES string of the molecule is O=C(NCCOc1ccccc1Br)NCc1ccc2c(c1)OCO2. The topological polar surface area (TPSA) is 68.8 Å². The lowest BCUT2D eigenvalue weighted by molar-refractivity contribution is 0.174. The molecule has 24 heavy (non-hydrogen) atoms. The third kappa shape index (κ3) is 4.32. The Labute approximate surface area is 148 Å². The van der Waals surface area contributed by atoms with Crippen molar-refractivity contribution in [1.29, 1.82) is 0 Å². The number of amides is 2. The highest BCUT2D eigenvalue weighted by atomic mass is 79.9. The van der Waals surface area contributed by atoms with Crippen molar-refractivity contribution >= 4 is 22.0 Å². The Kier molecular flexibility index (Phi) is 5.43. The van der Waals surface area contributed by atoms with E-state index in [9.17, 15) is 4.79 Å². The highest BCUT2D eigenvalue weighted by Crippen LogP contribution is 2.32. The molecule has 0 aliphatic carbocycles. The first kappa shape index (κ1) is 16.4. The lowest BCUT2D eigenvalue weighted by Crippen LogP contribution is -2.37. The van der Waals surface area contributed by atoms with E-state index < -0.39 is 0 Å². The van der Waals surface area contributed by atoms with E-state index in [2.05, 4.69) is 26.6 Å². The molecule has 0 saturated heterocycles. The zero-order chi connectivity index (χ0) is 16.8. The molecule has 3 rings (SSSR count). The summed E-state index contributed by atoms with van der Waals surface area (Å²) in [4.78, 5) is 11.8. The molecule has 7 heteroatoms. The number of hydrogen-bond donors (Lipinski definition) is 2. The van der Waals surface area contributed by atoms with Crippen LogP contribution in [0.5, 0.6) is 17.2 Å². The van der Waals surface area contributed by atoms with Gasteiger partial charge in [0.25, 0.3) is 0 Å². The van der Waals surface area contributed by atoms with Crippen molar-refractivity contribution in [2.75, 3.05) is 19.9 Å². The minimum Gasteiger partial charge on any atom is -0.491 e. The summed E-state index contributed by atoms with van der Waals surface area (Å²) in [5.74, 6) is 2.18. The maximum Gasteiger partial charge on any atom is 0.315 e. The maximum absolute atomic E-state index is 11.8. The van der Waals surface area contributed by atoms with Crippen molar-refractivity contribution in [3.05, 3.63) is 52.5 Å². The number of halogens is 1. The number of urea groups is 1. The van der Waals surface area contributed by atoms with Gasteiger partial charge in [0.05, 0.1) is 11.0 Å². The zero-order valence-electron chi connectivity index (χ0n) is 12.9. The molecule has 0 fully saturated rings. The summed E-state index contributed by atoms with van der Waals surface area (Å²) < 4.78 is 17.0. The fourth-order valence-corrected chi connectivity index (χ4v) is 2.58.